The number of pyridine rings is 1. The van der Waals surface area contributed by atoms with Crippen LogP contribution in [0.5, 0.6) is 0 Å². The van der Waals surface area contributed by atoms with Crippen LogP contribution in [0.4, 0.5) is 0 Å². The van der Waals surface area contributed by atoms with Crippen molar-refractivity contribution in [2.45, 2.75) is 47.0 Å². The number of nitrogens with one attached hydrogen (secondary N) is 1. The number of ether oxygens (including phenoxy) is 1. The Kier molecular flexibility index (Phi) is 8.27. The Morgan fingerprint density at radius 3 is 2.47 bits per heavy atom. The monoisotopic (exact) mass is 427 g/mol. The third-order valence-corrected chi connectivity index (χ3v) is 5.54. The van der Waals surface area contributed by atoms with E-state index in [0.29, 0.717) is 13.0 Å². The molecule has 3 heteroatoms. The molecule has 0 aliphatic rings. The van der Waals surface area contributed by atoms with E-state index in [1.165, 1.54) is 22.3 Å². The minimum atomic E-state index is -0.0414. The summed E-state index contributed by atoms with van der Waals surface area (Å²) in [5, 5.41) is 0. The molecule has 3 rings (SSSR count). The Labute approximate surface area is 191 Å². The van der Waals surface area contributed by atoms with Gasteiger partial charge < -0.3 is 9.72 Å². The minimum Gasteiger partial charge on any atom is -0.493 e. The molecule has 1 aromatic heterocycles. The van der Waals surface area contributed by atoms with Crippen LogP contribution in [0, 0.1) is 6.92 Å². The molecule has 2 aromatic carbocycles. The van der Waals surface area contributed by atoms with Crippen LogP contribution in [0.2, 0.25) is 0 Å². The quantitative estimate of drug-likeness (QED) is 0.317. The average Bonchev–Trinajstić information content (AvgIpc) is 2.78. The van der Waals surface area contributed by atoms with E-state index in [4.69, 9.17) is 4.74 Å². The first kappa shape index (κ1) is 23.3. The summed E-state index contributed by atoms with van der Waals surface area (Å²) in [6.07, 6.45) is 8.12. The fourth-order valence-electron chi connectivity index (χ4n) is 3.75. The Hall–Kier alpha value is -3.33. The molecule has 0 unspecified atom stereocenters. The molecular weight excluding hydrogens is 394 g/mol. The lowest BCUT2D eigenvalue weighted by molar-refractivity contribution is 0.280. The van der Waals surface area contributed by atoms with Crippen molar-refractivity contribution < 1.29 is 4.74 Å². The highest BCUT2D eigenvalue weighted by molar-refractivity contribution is 5.65. The predicted molar refractivity (Wildman–Crippen MR) is 134 cm³/mol. The van der Waals surface area contributed by atoms with Crippen LogP contribution in [0.1, 0.15) is 54.2 Å². The third kappa shape index (κ3) is 6.34. The number of hydrogen-bond acceptors (Lipinski definition) is 2. The van der Waals surface area contributed by atoms with Crippen LogP contribution in [0.15, 0.2) is 83.3 Å². The maximum atomic E-state index is 12.6. The molecule has 0 radical (unpaired) electrons. The molecule has 3 nitrogen and oxygen atoms in total. The predicted octanol–water partition coefficient (Wildman–Crippen LogP) is 6.40. The SMILES string of the molecule is CCc1ccc(/C(=C\C=C(C)C)OCCc2c(Cc3ccccc3)cc[nH]c2=O)c(C)c1. The summed E-state index contributed by atoms with van der Waals surface area (Å²) in [6.45, 7) is 8.86. The van der Waals surface area contributed by atoms with E-state index in [2.05, 4.69) is 69.1 Å². The van der Waals surface area contributed by atoms with E-state index in [0.717, 1.165) is 35.3 Å². The van der Waals surface area contributed by atoms with Crippen molar-refractivity contribution >= 4 is 5.76 Å². The second kappa shape index (κ2) is 11.3. The zero-order chi connectivity index (χ0) is 22.9. The highest BCUT2D eigenvalue weighted by atomic mass is 16.5. The number of aromatic nitrogens is 1. The Morgan fingerprint density at radius 2 is 1.78 bits per heavy atom. The molecule has 0 spiro atoms. The van der Waals surface area contributed by atoms with Crippen LogP contribution in [0.25, 0.3) is 5.76 Å². The topological polar surface area (TPSA) is 42.1 Å². The molecule has 0 saturated carbocycles. The van der Waals surface area contributed by atoms with E-state index < -0.39 is 0 Å². The first-order valence-corrected chi connectivity index (χ1v) is 11.3. The number of benzene rings is 2. The first-order chi connectivity index (χ1) is 15.5. The van der Waals surface area contributed by atoms with Gasteiger partial charge in [0.1, 0.15) is 5.76 Å². The van der Waals surface area contributed by atoms with Gasteiger partial charge in [0.05, 0.1) is 6.61 Å². The van der Waals surface area contributed by atoms with E-state index in [-0.39, 0.29) is 5.56 Å². The lowest BCUT2D eigenvalue weighted by Crippen LogP contribution is -2.17. The zero-order valence-electron chi connectivity index (χ0n) is 19.6. The number of allylic oxidation sites excluding steroid dienone is 3. The summed E-state index contributed by atoms with van der Waals surface area (Å²) in [5.74, 6) is 0.836. The molecule has 1 N–H and O–H groups in total. The van der Waals surface area contributed by atoms with E-state index in [9.17, 15) is 4.79 Å². The van der Waals surface area contributed by atoms with Gasteiger partial charge in [-0.2, -0.15) is 0 Å². The average molecular weight is 428 g/mol. The van der Waals surface area contributed by atoms with Gasteiger partial charge in [-0.15, -0.1) is 0 Å². The fourth-order valence-corrected chi connectivity index (χ4v) is 3.75. The molecule has 0 atom stereocenters. The van der Waals surface area contributed by atoms with Crippen LogP contribution >= 0.6 is 0 Å². The Balaban J connectivity index is 1.80. The Morgan fingerprint density at radius 1 is 1.00 bits per heavy atom. The molecule has 3 aromatic rings. The summed E-state index contributed by atoms with van der Waals surface area (Å²) in [7, 11) is 0. The minimum absolute atomic E-state index is 0.0414. The van der Waals surface area contributed by atoms with Crippen molar-refractivity contribution in [1.82, 2.24) is 4.98 Å². The summed E-state index contributed by atoms with van der Waals surface area (Å²) in [5.41, 5.74) is 7.79. The summed E-state index contributed by atoms with van der Waals surface area (Å²) in [6, 6.07) is 18.7. The lowest BCUT2D eigenvalue weighted by Gasteiger charge is -2.15. The van der Waals surface area contributed by atoms with Crippen LogP contribution in [-0.2, 0) is 24.0 Å². The largest absolute Gasteiger partial charge is 0.493 e. The van der Waals surface area contributed by atoms with Gasteiger partial charge in [-0.25, -0.2) is 0 Å². The molecule has 0 amide bonds. The van der Waals surface area contributed by atoms with Gasteiger partial charge in [-0.1, -0.05) is 67.1 Å². The maximum Gasteiger partial charge on any atom is 0.251 e. The van der Waals surface area contributed by atoms with Gasteiger partial charge in [0.2, 0.25) is 0 Å². The van der Waals surface area contributed by atoms with Crippen molar-refractivity contribution in [3.05, 3.63) is 122 Å². The maximum absolute atomic E-state index is 12.6. The summed E-state index contributed by atoms with van der Waals surface area (Å²) in [4.78, 5) is 15.4. The molecular formula is C29H33NO2. The first-order valence-electron chi connectivity index (χ1n) is 11.3. The summed E-state index contributed by atoms with van der Waals surface area (Å²) >= 11 is 0. The number of rotatable bonds is 9. The molecule has 166 valence electrons. The van der Waals surface area contributed by atoms with Crippen LogP contribution in [-0.4, -0.2) is 11.6 Å². The van der Waals surface area contributed by atoms with Gasteiger partial charge in [-0.3, -0.25) is 4.79 Å². The van der Waals surface area contributed by atoms with Crippen LogP contribution in [0.3, 0.4) is 0 Å². The molecule has 32 heavy (non-hydrogen) atoms. The van der Waals surface area contributed by atoms with Crippen molar-refractivity contribution in [2.24, 2.45) is 0 Å². The Bertz CT molecular complexity index is 1150. The lowest BCUT2D eigenvalue weighted by atomic mass is 10.00. The van der Waals surface area contributed by atoms with Gasteiger partial charge in [0, 0.05) is 23.7 Å². The number of H-pyrrole nitrogens is 1. The van der Waals surface area contributed by atoms with Gasteiger partial charge in [0.25, 0.3) is 5.56 Å². The number of hydrogen-bond donors (Lipinski definition) is 1. The normalized spacial score (nSPS) is 11.3. The van der Waals surface area contributed by atoms with E-state index in [1.807, 2.05) is 30.3 Å². The fraction of sp³-hybridized carbons (Fsp3) is 0.276. The van der Waals surface area contributed by atoms with Crippen LogP contribution < -0.4 is 5.56 Å². The molecule has 0 aliphatic heterocycles. The van der Waals surface area contributed by atoms with Crippen molar-refractivity contribution in [3.63, 3.8) is 0 Å². The van der Waals surface area contributed by atoms with E-state index >= 15 is 0 Å². The zero-order valence-corrected chi connectivity index (χ0v) is 19.6. The van der Waals surface area contributed by atoms with Crippen molar-refractivity contribution in [3.8, 4) is 0 Å². The smallest absolute Gasteiger partial charge is 0.251 e. The molecule has 0 bridgehead atoms. The highest BCUT2D eigenvalue weighted by Gasteiger charge is 2.11. The number of aryl methyl sites for hydroxylation is 2. The molecule has 1 heterocycles. The summed E-state index contributed by atoms with van der Waals surface area (Å²) < 4.78 is 6.26. The molecule has 0 saturated heterocycles. The van der Waals surface area contributed by atoms with E-state index in [1.54, 1.807) is 6.20 Å². The third-order valence-electron chi connectivity index (χ3n) is 5.54. The van der Waals surface area contributed by atoms with Crippen molar-refractivity contribution in [1.29, 1.82) is 0 Å². The van der Waals surface area contributed by atoms with Crippen molar-refractivity contribution in [2.75, 3.05) is 6.61 Å². The van der Waals surface area contributed by atoms with Gasteiger partial charge >= 0.3 is 0 Å². The second-order valence-corrected chi connectivity index (χ2v) is 8.35. The number of aromatic amines is 1. The molecule has 0 aliphatic carbocycles. The standard InChI is InChI=1S/C29H33NO2/c1-5-23-12-13-26(22(4)19-23)28(14-11-21(2)3)32-18-16-27-25(15-17-30-29(27)31)20-24-9-7-6-8-10-24/h6-15,17,19H,5,16,18,20H2,1-4H3,(H,30,31)/b28-14+. The second-order valence-electron chi connectivity index (χ2n) is 8.35. The highest BCUT2D eigenvalue weighted by Crippen LogP contribution is 2.23. The van der Waals surface area contributed by atoms with Gasteiger partial charge in [-0.05, 0) is 68.0 Å². The molecule has 0 fully saturated rings. The van der Waals surface area contributed by atoms with Gasteiger partial charge in [0.15, 0.2) is 0 Å².